The van der Waals surface area contributed by atoms with Crippen LogP contribution < -0.4 is 10.1 Å². The second kappa shape index (κ2) is 8.14. The van der Waals surface area contributed by atoms with E-state index in [0.717, 1.165) is 30.3 Å². The van der Waals surface area contributed by atoms with E-state index in [9.17, 15) is 4.79 Å². The summed E-state index contributed by atoms with van der Waals surface area (Å²) in [5.74, 6) is 1.51. The molecule has 1 fully saturated rings. The van der Waals surface area contributed by atoms with E-state index >= 15 is 0 Å². The maximum Gasteiger partial charge on any atom is 0.238 e. The van der Waals surface area contributed by atoms with Crippen LogP contribution in [0, 0.1) is 0 Å². The van der Waals surface area contributed by atoms with Crippen molar-refractivity contribution in [3.63, 3.8) is 0 Å². The topological polar surface area (TPSA) is 50.8 Å². The zero-order chi connectivity index (χ0) is 17.6. The van der Waals surface area contributed by atoms with Crippen LogP contribution in [0.5, 0.6) is 11.5 Å². The van der Waals surface area contributed by atoms with E-state index in [1.54, 1.807) is 0 Å². The maximum atomic E-state index is 12.2. The first kappa shape index (κ1) is 17.5. The summed E-state index contributed by atoms with van der Waals surface area (Å²) in [5, 5.41) is 2.93. The van der Waals surface area contributed by atoms with Gasteiger partial charge in [0, 0.05) is 18.8 Å². The minimum atomic E-state index is -0.0157. The average molecular weight is 340 g/mol. The van der Waals surface area contributed by atoms with Crippen LogP contribution in [0.1, 0.15) is 13.8 Å². The molecule has 5 heteroatoms. The Hall–Kier alpha value is -2.37. The summed E-state index contributed by atoms with van der Waals surface area (Å²) in [4.78, 5) is 14.4. The molecular formula is C20H24N2O3. The third-order valence-corrected chi connectivity index (χ3v) is 3.98. The molecule has 2 aromatic carbocycles. The van der Waals surface area contributed by atoms with Crippen molar-refractivity contribution in [1.29, 1.82) is 0 Å². The molecule has 0 bridgehead atoms. The van der Waals surface area contributed by atoms with Gasteiger partial charge >= 0.3 is 0 Å². The third-order valence-electron chi connectivity index (χ3n) is 3.98. The predicted molar refractivity (Wildman–Crippen MR) is 98.0 cm³/mol. The zero-order valence-corrected chi connectivity index (χ0v) is 14.6. The van der Waals surface area contributed by atoms with Crippen molar-refractivity contribution in [2.24, 2.45) is 0 Å². The van der Waals surface area contributed by atoms with Crippen molar-refractivity contribution >= 4 is 11.6 Å². The molecule has 5 nitrogen and oxygen atoms in total. The highest BCUT2D eigenvalue weighted by atomic mass is 16.5. The maximum absolute atomic E-state index is 12.2. The zero-order valence-electron chi connectivity index (χ0n) is 14.6. The summed E-state index contributed by atoms with van der Waals surface area (Å²) in [6.07, 6.45) is 0.317. The van der Waals surface area contributed by atoms with E-state index in [2.05, 4.69) is 10.2 Å². The number of para-hydroxylation sites is 1. The Kier molecular flexibility index (Phi) is 5.68. The monoisotopic (exact) mass is 340 g/mol. The van der Waals surface area contributed by atoms with Gasteiger partial charge in [-0.1, -0.05) is 18.2 Å². The molecule has 1 heterocycles. The number of hydrogen-bond acceptors (Lipinski definition) is 4. The van der Waals surface area contributed by atoms with Crippen LogP contribution in [0.15, 0.2) is 54.6 Å². The Morgan fingerprint density at radius 2 is 1.64 bits per heavy atom. The summed E-state index contributed by atoms with van der Waals surface area (Å²) in [5.41, 5.74) is 0.764. The first-order valence-electron chi connectivity index (χ1n) is 8.59. The highest BCUT2D eigenvalue weighted by Crippen LogP contribution is 2.22. The van der Waals surface area contributed by atoms with Crippen LogP contribution in [-0.2, 0) is 9.53 Å². The van der Waals surface area contributed by atoms with Crippen LogP contribution in [0.3, 0.4) is 0 Å². The van der Waals surface area contributed by atoms with Gasteiger partial charge in [-0.15, -0.1) is 0 Å². The first-order chi connectivity index (χ1) is 12.1. The summed E-state index contributed by atoms with van der Waals surface area (Å²) in [6, 6.07) is 17.0. The summed E-state index contributed by atoms with van der Waals surface area (Å²) < 4.78 is 11.4. The highest BCUT2D eigenvalue weighted by Gasteiger charge is 2.23. The van der Waals surface area contributed by atoms with E-state index < -0.39 is 0 Å². The molecule has 1 aliphatic rings. The van der Waals surface area contributed by atoms with Crippen LogP contribution in [-0.4, -0.2) is 42.6 Å². The van der Waals surface area contributed by atoms with E-state index in [0.29, 0.717) is 6.54 Å². The number of nitrogens with one attached hydrogen (secondary N) is 1. The molecule has 0 saturated carbocycles. The molecule has 1 N–H and O–H groups in total. The second-order valence-electron chi connectivity index (χ2n) is 6.44. The number of hydrogen-bond donors (Lipinski definition) is 1. The summed E-state index contributed by atoms with van der Waals surface area (Å²) in [6.45, 7) is 6.00. The van der Waals surface area contributed by atoms with Gasteiger partial charge in [-0.2, -0.15) is 0 Å². The van der Waals surface area contributed by atoms with Gasteiger partial charge in [-0.25, -0.2) is 0 Å². The number of nitrogens with zero attached hydrogens (tertiary/aromatic N) is 1. The summed E-state index contributed by atoms with van der Waals surface area (Å²) >= 11 is 0. The van der Waals surface area contributed by atoms with Crippen LogP contribution in [0.4, 0.5) is 5.69 Å². The molecule has 1 amide bonds. The summed E-state index contributed by atoms with van der Waals surface area (Å²) in [7, 11) is 0. The molecule has 2 aromatic rings. The molecule has 0 radical (unpaired) electrons. The lowest BCUT2D eigenvalue weighted by atomic mass is 10.2. The smallest absolute Gasteiger partial charge is 0.238 e. The average Bonchev–Trinajstić information content (AvgIpc) is 2.56. The molecule has 0 aliphatic carbocycles. The number of anilines is 1. The Bertz CT molecular complexity index is 678. The fraction of sp³-hybridized carbons (Fsp3) is 0.350. The highest BCUT2D eigenvalue weighted by molar-refractivity contribution is 5.92. The molecule has 132 valence electrons. The van der Waals surface area contributed by atoms with E-state index in [1.165, 1.54) is 0 Å². The molecule has 0 spiro atoms. The Morgan fingerprint density at radius 1 is 1.04 bits per heavy atom. The quantitative estimate of drug-likeness (QED) is 0.905. The second-order valence-corrected chi connectivity index (χ2v) is 6.44. The van der Waals surface area contributed by atoms with Crippen molar-refractivity contribution in [3.8, 4) is 11.5 Å². The SMILES string of the molecule is C[C@H]1CN(CC(=O)Nc2ccc(Oc3ccccc3)cc2)C[C@H](C)O1. The number of amides is 1. The lowest BCUT2D eigenvalue weighted by Gasteiger charge is -2.34. The van der Waals surface area contributed by atoms with Gasteiger partial charge in [0.15, 0.2) is 0 Å². The minimum absolute atomic E-state index is 0.0157. The van der Waals surface area contributed by atoms with Gasteiger partial charge in [-0.3, -0.25) is 9.69 Å². The van der Waals surface area contributed by atoms with Gasteiger partial charge in [0.25, 0.3) is 0 Å². The van der Waals surface area contributed by atoms with Crippen molar-refractivity contribution in [3.05, 3.63) is 54.6 Å². The number of carbonyl (C=O) groups excluding carboxylic acids is 1. The fourth-order valence-electron chi connectivity index (χ4n) is 3.05. The fourth-order valence-corrected chi connectivity index (χ4v) is 3.05. The Balaban J connectivity index is 1.51. The number of morpholine rings is 1. The lowest BCUT2D eigenvalue weighted by Crippen LogP contribution is -2.48. The Morgan fingerprint density at radius 3 is 2.28 bits per heavy atom. The van der Waals surface area contributed by atoms with Crippen molar-refractivity contribution < 1.29 is 14.3 Å². The van der Waals surface area contributed by atoms with Gasteiger partial charge in [-0.05, 0) is 50.2 Å². The standard InChI is InChI=1S/C20H24N2O3/c1-15-12-22(13-16(2)24-15)14-20(23)21-17-8-10-19(11-9-17)25-18-6-4-3-5-7-18/h3-11,15-16H,12-14H2,1-2H3,(H,21,23)/t15-,16-/m0/s1. The first-order valence-corrected chi connectivity index (χ1v) is 8.59. The number of carbonyl (C=O) groups is 1. The van der Waals surface area contributed by atoms with E-state index in [1.807, 2.05) is 68.4 Å². The number of ether oxygens (including phenoxy) is 2. The van der Waals surface area contributed by atoms with E-state index in [-0.39, 0.29) is 18.1 Å². The van der Waals surface area contributed by atoms with Crippen molar-refractivity contribution in [2.45, 2.75) is 26.1 Å². The van der Waals surface area contributed by atoms with Gasteiger partial charge in [0.1, 0.15) is 11.5 Å². The lowest BCUT2D eigenvalue weighted by molar-refractivity contribution is -0.121. The van der Waals surface area contributed by atoms with Crippen molar-refractivity contribution in [2.75, 3.05) is 25.0 Å². The van der Waals surface area contributed by atoms with Gasteiger partial charge in [0.05, 0.1) is 18.8 Å². The molecule has 1 saturated heterocycles. The molecular weight excluding hydrogens is 316 g/mol. The molecule has 1 aliphatic heterocycles. The van der Waals surface area contributed by atoms with Crippen molar-refractivity contribution in [1.82, 2.24) is 4.90 Å². The molecule has 0 unspecified atom stereocenters. The van der Waals surface area contributed by atoms with E-state index in [4.69, 9.17) is 9.47 Å². The van der Waals surface area contributed by atoms with Crippen LogP contribution in [0.25, 0.3) is 0 Å². The molecule has 3 rings (SSSR count). The molecule has 25 heavy (non-hydrogen) atoms. The van der Waals surface area contributed by atoms with Crippen LogP contribution >= 0.6 is 0 Å². The predicted octanol–water partition coefficient (Wildman–Crippen LogP) is 3.53. The minimum Gasteiger partial charge on any atom is -0.457 e. The number of rotatable bonds is 5. The molecule has 2 atom stereocenters. The normalized spacial score (nSPS) is 20.9. The third kappa shape index (κ3) is 5.31. The van der Waals surface area contributed by atoms with Gasteiger partial charge in [0.2, 0.25) is 5.91 Å². The largest absolute Gasteiger partial charge is 0.457 e. The van der Waals surface area contributed by atoms with Crippen LogP contribution in [0.2, 0.25) is 0 Å². The van der Waals surface area contributed by atoms with Gasteiger partial charge < -0.3 is 14.8 Å². The molecule has 0 aromatic heterocycles. The Labute approximate surface area is 148 Å². The number of benzene rings is 2.